The molecule has 0 aromatic carbocycles. The van der Waals surface area contributed by atoms with E-state index >= 15 is 0 Å². The van der Waals surface area contributed by atoms with E-state index in [0.29, 0.717) is 26.1 Å². The molecule has 1 aliphatic carbocycles. The van der Waals surface area contributed by atoms with Gasteiger partial charge in [0.15, 0.2) is 5.84 Å². The van der Waals surface area contributed by atoms with Gasteiger partial charge in [0.25, 0.3) is 0 Å². The fourth-order valence-electron chi connectivity index (χ4n) is 1.77. The van der Waals surface area contributed by atoms with E-state index in [-0.39, 0.29) is 23.7 Å². The summed E-state index contributed by atoms with van der Waals surface area (Å²) < 4.78 is 5.35. The quantitative estimate of drug-likeness (QED) is 0.270. The summed E-state index contributed by atoms with van der Waals surface area (Å²) in [5.74, 6) is 0.0960. The van der Waals surface area contributed by atoms with Crippen LogP contribution in [0, 0.1) is 11.3 Å². The average molecular weight is 257 g/mol. The monoisotopic (exact) mass is 257 g/mol. The molecule has 1 fully saturated rings. The first-order valence-corrected chi connectivity index (χ1v) is 6.34. The van der Waals surface area contributed by atoms with Crippen LogP contribution in [0.15, 0.2) is 5.16 Å². The van der Waals surface area contributed by atoms with Crippen LogP contribution in [-0.4, -0.2) is 36.2 Å². The molecule has 0 radical (unpaired) electrons. The second-order valence-electron chi connectivity index (χ2n) is 5.05. The van der Waals surface area contributed by atoms with Crippen molar-refractivity contribution in [3.05, 3.63) is 0 Å². The maximum Gasteiger partial charge on any atom is 0.234 e. The van der Waals surface area contributed by atoms with Crippen LogP contribution in [0.2, 0.25) is 0 Å². The van der Waals surface area contributed by atoms with Gasteiger partial charge in [0, 0.05) is 6.61 Å². The number of carbonyl (C=O) groups is 1. The number of carbonyl (C=O) groups excluding carboxylic acids is 1. The number of amidine groups is 1. The van der Waals surface area contributed by atoms with E-state index in [9.17, 15) is 4.79 Å². The normalized spacial score (nSPS) is 19.7. The lowest BCUT2D eigenvalue weighted by molar-refractivity contribution is -0.125. The van der Waals surface area contributed by atoms with Crippen LogP contribution in [0.25, 0.3) is 0 Å². The topological polar surface area (TPSA) is 96.9 Å². The van der Waals surface area contributed by atoms with Gasteiger partial charge in [-0.3, -0.25) is 4.79 Å². The summed E-state index contributed by atoms with van der Waals surface area (Å²) in [7, 11) is 0. The van der Waals surface area contributed by atoms with Crippen LogP contribution in [-0.2, 0) is 9.53 Å². The van der Waals surface area contributed by atoms with E-state index in [4.69, 9.17) is 15.7 Å². The number of hydrogen-bond acceptors (Lipinski definition) is 4. The fraction of sp³-hybridized carbons (Fsp3) is 0.833. The SMILES string of the molecule is CCOCC(NC(=O)C1(C(N)=NO)CC1)C(C)C. The highest BCUT2D eigenvalue weighted by atomic mass is 16.5. The predicted molar refractivity (Wildman–Crippen MR) is 68.3 cm³/mol. The van der Waals surface area contributed by atoms with Crippen molar-refractivity contribution in [2.24, 2.45) is 22.2 Å². The van der Waals surface area contributed by atoms with Crippen molar-refractivity contribution < 1.29 is 14.7 Å². The highest BCUT2D eigenvalue weighted by Crippen LogP contribution is 2.46. The summed E-state index contributed by atoms with van der Waals surface area (Å²) in [5, 5.41) is 14.6. The van der Waals surface area contributed by atoms with Gasteiger partial charge in [0.05, 0.1) is 12.6 Å². The molecule has 1 rings (SSSR count). The van der Waals surface area contributed by atoms with E-state index in [1.807, 2.05) is 20.8 Å². The lowest BCUT2D eigenvalue weighted by Gasteiger charge is -2.24. The largest absolute Gasteiger partial charge is 0.409 e. The molecule has 1 atom stereocenters. The number of nitrogens with zero attached hydrogens (tertiary/aromatic N) is 1. The van der Waals surface area contributed by atoms with Gasteiger partial charge >= 0.3 is 0 Å². The lowest BCUT2D eigenvalue weighted by Crippen LogP contribution is -2.48. The Hall–Kier alpha value is -1.30. The Labute approximate surface area is 108 Å². The standard InChI is InChI=1S/C12H23N3O3/c1-4-18-7-9(8(2)3)14-11(16)12(5-6-12)10(13)15-17/h8-9,17H,4-7H2,1-3H3,(H2,13,15)(H,14,16). The molecular formula is C12H23N3O3. The minimum Gasteiger partial charge on any atom is -0.409 e. The van der Waals surface area contributed by atoms with E-state index < -0.39 is 5.41 Å². The molecule has 104 valence electrons. The fourth-order valence-corrected chi connectivity index (χ4v) is 1.77. The van der Waals surface area contributed by atoms with Crippen molar-refractivity contribution >= 4 is 11.7 Å². The van der Waals surface area contributed by atoms with Crippen LogP contribution < -0.4 is 11.1 Å². The zero-order valence-corrected chi connectivity index (χ0v) is 11.3. The van der Waals surface area contributed by atoms with Crippen molar-refractivity contribution in [1.29, 1.82) is 0 Å². The summed E-state index contributed by atoms with van der Waals surface area (Å²) in [5.41, 5.74) is 4.78. The third kappa shape index (κ3) is 3.13. The summed E-state index contributed by atoms with van der Waals surface area (Å²) >= 11 is 0. The number of amides is 1. The second kappa shape index (κ2) is 6.04. The first-order chi connectivity index (χ1) is 8.47. The van der Waals surface area contributed by atoms with Crippen LogP contribution in [0.5, 0.6) is 0 Å². The van der Waals surface area contributed by atoms with Gasteiger partial charge in [-0.25, -0.2) is 0 Å². The number of nitrogens with two attached hydrogens (primary N) is 1. The third-order valence-corrected chi connectivity index (χ3v) is 3.41. The lowest BCUT2D eigenvalue weighted by atomic mass is 10.0. The maximum absolute atomic E-state index is 12.2. The van der Waals surface area contributed by atoms with Gasteiger partial charge in [-0.2, -0.15) is 0 Å². The first kappa shape index (κ1) is 14.8. The molecule has 6 nitrogen and oxygen atoms in total. The third-order valence-electron chi connectivity index (χ3n) is 3.41. The number of nitrogens with one attached hydrogen (secondary N) is 1. The molecule has 1 amide bonds. The molecule has 0 heterocycles. The minimum absolute atomic E-state index is 0.00100. The van der Waals surface area contributed by atoms with Crippen molar-refractivity contribution in [3.63, 3.8) is 0 Å². The smallest absolute Gasteiger partial charge is 0.234 e. The van der Waals surface area contributed by atoms with E-state index in [1.165, 1.54) is 0 Å². The zero-order chi connectivity index (χ0) is 13.8. The molecule has 0 saturated heterocycles. The zero-order valence-electron chi connectivity index (χ0n) is 11.3. The second-order valence-corrected chi connectivity index (χ2v) is 5.05. The van der Waals surface area contributed by atoms with Crippen LogP contribution >= 0.6 is 0 Å². The number of rotatable bonds is 7. The average Bonchev–Trinajstić information content (AvgIpc) is 3.14. The van der Waals surface area contributed by atoms with Gasteiger partial charge in [-0.1, -0.05) is 19.0 Å². The summed E-state index contributed by atoms with van der Waals surface area (Å²) in [6.45, 7) is 7.05. The number of ether oxygens (including phenoxy) is 1. The Morgan fingerprint density at radius 1 is 1.56 bits per heavy atom. The number of hydrogen-bond donors (Lipinski definition) is 3. The molecule has 0 aromatic heterocycles. The van der Waals surface area contributed by atoms with Gasteiger partial charge in [-0.05, 0) is 25.7 Å². The molecule has 1 aliphatic rings. The molecule has 0 aliphatic heterocycles. The van der Waals surface area contributed by atoms with E-state index in [2.05, 4.69) is 10.5 Å². The van der Waals surface area contributed by atoms with E-state index in [1.54, 1.807) is 0 Å². The van der Waals surface area contributed by atoms with Crippen LogP contribution in [0.1, 0.15) is 33.6 Å². The highest BCUT2D eigenvalue weighted by Gasteiger charge is 2.54. The molecule has 4 N–H and O–H groups in total. The Morgan fingerprint density at radius 3 is 2.56 bits per heavy atom. The molecule has 1 unspecified atom stereocenters. The molecule has 18 heavy (non-hydrogen) atoms. The Bertz CT molecular complexity index is 325. The minimum atomic E-state index is -0.798. The van der Waals surface area contributed by atoms with E-state index in [0.717, 1.165) is 0 Å². The van der Waals surface area contributed by atoms with Gasteiger partial charge in [0.2, 0.25) is 5.91 Å². The summed E-state index contributed by atoms with van der Waals surface area (Å²) in [4.78, 5) is 12.2. The molecule has 0 aromatic rings. The number of oxime groups is 1. The Balaban J connectivity index is 2.62. The van der Waals surface area contributed by atoms with Crippen molar-refractivity contribution in [2.75, 3.05) is 13.2 Å². The molecule has 0 spiro atoms. The van der Waals surface area contributed by atoms with Gasteiger partial charge in [-0.15, -0.1) is 0 Å². The van der Waals surface area contributed by atoms with Crippen molar-refractivity contribution in [2.45, 2.75) is 39.7 Å². The maximum atomic E-state index is 12.2. The predicted octanol–water partition coefficient (Wildman–Crippen LogP) is 0.690. The molecule has 6 heteroatoms. The molecular weight excluding hydrogens is 234 g/mol. The van der Waals surface area contributed by atoms with Gasteiger partial charge < -0.3 is 21.0 Å². The van der Waals surface area contributed by atoms with Gasteiger partial charge in [0.1, 0.15) is 5.41 Å². The first-order valence-electron chi connectivity index (χ1n) is 6.34. The molecule has 1 saturated carbocycles. The molecule has 0 bridgehead atoms. The Morgan fingerprint density at radius 2 is 2.17 bits per heavy atom. The highest BCUT2D eigenvalue weighted by molar-refractivity contribution is 6.09. The van der Waals surface area contributed by atoms with Crippen molar-refractivity contribution in [1.82, 2.24) is 5.32 Å². The summed E-state index contributed by atoms with van der Waals surface area (Å²) in [6, 6.07) is -0.0542. The Kier molecular flexibility index (Phi) is 4.95. The van der Waals surface area contributed by atoms with Crippen LogP contribution in [0.3, 0.4) is 0 Å². The van der Waals surface area contributed by atoms with Crippen molar-refractivity contribution in [3.8, 4) is 0 Å². The van der Waals surface area contributed by atoms with Crippen LogP contribution in [0.4, 0.5) is 0 Å². The summed E-state index contributed by atoms with van der Waals surface area (Å²) in [6.07, 6.45) is 1.27.